The van der Waals surface area contributed by atoms with E-state index in [-0.39, 0.29) is 18.1 Å². The number of anilines is 1. The van der Waals surface area contributed by atoms with Crippen molar-refractivity contribution in [3.8, 4) is 28.5 Å². The minimum Gasteiger partial charge on any atom is -0.493 e. The Morgan fingerprint density at radius 3 is 2.74 bits per heavy atom. The van der Waals surface area contributed by atoms with Gasteiger partial charge in [-0.1, -0.05) is 0 Å². The van der Waals surface area contributed by atoms with Gasteiger partial charge >= 0.3 is 0 Å². The van der Waals surface area contributed by atoms with Gasteiger partial charge in [0, 0.05) is 42.7 Å². The molecule has 0 radical (unpaired) electrons. The highest BCUT2D eigenvalue weighted by molar-refractivity contribution is 6.02. The molecular formula is C22H20N4O5. The summed E-state index contributed by atoms with van der Waals surface area (Å²) in [7, 11) is 1.52. The maximum absolute atomic E-state index is 13.3. The molecule has 158 valence electrons. The molecule has 5 rings (SSSR count). The Morgan fingerprint density at radius 1 is 1.16 bits per heavy atom. The van der Waals surface area contributed by atoms with E-state index in [4.69, 9.17) is 19.2 Å². The van der Waals surface area contributed by atoms with Crippen molar-refractivity contribution >= 4 is 11.7 Å². The first-order chi connectivity index (χ1) is 15.1. The topological polar surface area (TPSA) is 95.8 Å². The average molecular weight is 420 g/mol. The lowest BCUT2D eigenvalue weighted by Gasteiger charge is -2.24. The Balaban J connectivity index is 1.50. The van der Waals surface area contributed by atoms with Gasteiger partial charge in [0.05, 0.1) is 18.8 Å². The standard InChI is InChI=1S/C22H20N4O5/c1-13(20(28)15-9-17(29-2)21-18(10-15)30-12-31-21)25-7-8-26-19(27)11-16(24-22(25)26)14-3-5-23-6-4-14/h3-6,9-11,13H,7-8,12H2,1-2H3. The van der Waals surface area contributed by atoms with Crippen molar-refractivity contribution in [2.75, 3.05) is 25.3 Å². The predicted molar refractivity (Wildman–Crippen MR) is 112 cm³/mol. The van der Waals surface area contributed by atoms with Crippen LogP contribution < -0.4 is 24.7 Å². The molecule has 0 saturated carbocycles. The molecule has 2 aromatic heterocycles. The first-order valence-corrected chi connectivity index (χ1v) is 9.87. The maximum atomic E-state index is 13.3. The summed E-state index contributed by atoms with van der Waals surface area (Å²) in [6, 6.07) is 7.87. The Labute approximate surface area is 177 Å². The van der Waals surface area contributed by atoms with Gasteiger partial charge in [-0.2, -0.15) is 0 Å². The van der Waals surface area contributed by atoms with Crippen LogP contribution in [-0.4, -0.2) is 46.8 Å². The Morgan fingerprint density at radius 2 is 1.97 bits per heavy atom. The average Bonchev–Trinajstić information content (AvgIpc) is 3.45. The summed E-state index contributed by atoms with van der Waals surface area (Å²) in [4.78, 5) is 36.6. The van der Waals surface area contributed by atoms with Crippen molar-refractivity contribution < 1.29 is 19.0 Å². The third kappa shape index (κ3) is 3.18. The van der Waals surface area contributed by atoms with E-state index in [0.29, 0.717) is 47.5 Å². The molecule has 31 heavy (non-hydrogen) atoms. The molecule has 4 heterocycles. The highest BCUT2D eigenvalue weighted by Crippen LogP contribution is 2.42. The van der Waals surface area contributed by atoms with Gasteiger partial charge in [-0.3, -0.25) is 19.1 Å². The smallest absolute Gasteiger partial charge is 0.255 e. The molecule has 0 fully saturated rings. The van der Waals surface area contributed by atoms with Crippen molar-refractivity contribution in [1.29, 1.82) is 0 Å². The Kier molecular flexibility index (Phi) is 4.58. The van der Waals surface area contributed by atoms with E-state index in [2.05, 4.69) is 4.98 Å². The number of aromatic nitrogens is 3. The largest absolute Gasteiger partial charge is 0.493 e. The van der Waals surface area contributed by atoms with Crippen molar-refractivity contribution in [2.24, 2.45) is 0 Å². The van der Waals surface area contributed by atoms with Crippen molar-refractivity contribution in [2.45, 2.75) is 19.5 Å². The molecule has 1 aromatic carbocycles. The molecule has 0 N–H and O–H groups in total. The predicted octanol–water partition coefficient (Wildman–Crippen LogP) is 2.13. The molecule has 2 aliphatic heterocycles. The number of carbonyl (C=O) groups is 1. The molecule has 0 spiro atoms. The summed E-state index contributed by atoms with van der Waals surface area (Å²) in [5, 5.41) is 0. The number of fused-ring (bicyclic) bond motifs is 2. The van der Waals surface area contributed by atoms with Crippen LogP contribution in [0.15, 0.2) is 47.5 Å². The second kappa shape index (κ2) is 7.42. The first-order valence-electron chi connectivity index (χ1n) is 9.87. The molecule has 9 heteroatoms. The van der Waals surface area contributed by atoms with E-state index in [1.807, 2.05) is 4.90 Å². The van der Waals surface area contributed by atoms with Crippen LogP contribution in [0.1, 0.15) is 17.3 Å². The lowest BCUT2D eigenvalue weighted by atomic mass is 10.0. The van der Waals surface area contributed by atoms with Crippen LogP contribution in [0.3, 0.4) is 0 Å². The number of hydrogen-bond donors (Lipinski definition) is 0. The molecule has 1 atom stereocenters. The molecule has 0 saturated heterocycles. The molecular weight excluding hydrogens is 400 g/mol. The van der Waals surface area contributed by atoms with Crippen LogP contribution in [0.2, 0.25) is 0 Å². The van der Waals surface area contributed by atoms with Gasteiger partial charge in [0.2, 0.25) is 18.5 Å². The minimum atomic E-state index is -0.543. The number of carbonyl (C=O) groups excluding carboxylic acids is 1. The van der Waals surface area contributed by atoms with E-state index in [1.165, 1.54) is 13.2 Å². The normalized spacial score (nSPS) is 15.0. The number of ketones is 1. The zero-order chi connectivity index (χ0) is 21.5. The number of methoxy groups -OCH3 is 1. The Bertz CT molecular complexity index is 1220. The number of hydrogen-bond acceptors (Lipinski definition) is 8. The minimum absolute atomic E-state index is 0.0863. The second-order valence-corrected chi connectivity index (χ2v) is 7.31. The zero-order valence-corrected chi connectivity index (χ0v) is 17.1. The fraction of sp³-hybridized carbons (Fsp3) is 0.273. The number of rotatable bonds is 5. The fourth-order valence-electron chi connectivity index (χ4n) is 3.92. The van der Waals surface area contributed by atoms with Gasteiger partial charge in [0.1, 0.15) is 0 Å². The van der Waals surface area contributed by atoms with Gasteiger partial charge in [-0.15, -0.1) is 0 Å². The highest BCUT2D eigenvalue weighted by atomic mass is 16.7. The van der Waals surface area contributed by atoms with E-state index in [0.717, 1.165) is 5.56 Å². The van der Waals surface area contributed by atoms with Gasteiger partial charge in [-0.05, 0) is 31.2 Å². The second-order valence-electron chi connectivity index (χ2n) is 7.31. The van der Waals surface area contributed by atoms with E-state index < -0.39 is 6.04 Å². The third-order valence-electron chi connectivity index (χ3n) is 5.58. The van der Waals surface area contributed by atoms with Crippen LogP contribution >= 0.6 is 0 Å². The molecule has 0 aliphatic carbocycles. The van der Waals surface area contributed by atoms with Crippen molar-refractivity contribution in [1.82, 2.24) is 14.5 Å². The SMILES string of the molecule is COc1cc(C(=O)C(C)N2CCn3c2nc(-c2ccncc2)cc3=O)cc2c1OCO2. The lowest BCUT2D eigenvalue weighted by Crippen LogP contribution is -2.38. The first kappa shape index (κ1) is 19.1. The van der Waals surface area contributed by atoms with Gasteiger partial charge in [0.25, 0.3) is 5.56 Å². The summed E-state index contributed by atoms with van der Waals surface area (Å²) in [5.41, 5.74) is 1.64. The summed E-state index contributed by atoms with van der Waals surface area (Å²) in [6.45, 7) is 2.87. The van der Waals surface area contributed by atoms with Crippen LogP contribution in [0.25, 0.3) is 11.3 Å². The number of pyridine rings is 1. The van der Waals surface area contributed by atoms with Gasteiger partial charge in [0.15, 0.2) is 17.3 Å². The van der Waals surface area contributed by atoms with Crippen LogP contribution in [-0.2, 0) is 6.54 Å². The molecule has 0 bridgehead atoms. The van der Waals surface area contributed by atoms with E-state index in [9.17, 15) is 9.59 Å². The molecule has 1 unspecified atom stereocenters. The summed E-state index contributed by atoms with van der Waals surface area (Å²) in [6.07, 6.45) is 3.30. The third-order valence-corrected chi connectivity index (χ3v) is 5.58. The maximum Gasteiger partial charge on any atom is 0.255 e. The van der Waals surface area contributed by atoms with Crippen LogP contribution in [0.5, 0.6) is 17.2 Å². The van der Waals surface area contributed by atoms with Crippen LogP contribution in [0, 0.1) is 0 Å². The van der Waals surface area contributed by atoms with Crippen molar-refractivity contribution in [3.05, 3.63) is 58.6 Å². The molecule has 3 aromatic rings. The quantitative estimate of drug-likeness (QED) is 0.580. The number of Topliss-reactive ketones (excluding diaryl/α,β-unsaturated/α-hetero) is 1. The summed E-state index contributed by atoms with van der Waals surface area (Å²) >= 11 is 0. The number of ether oxygens (including phenoxy) is 3. The molecule has 2 aliphatic rings. The fourth-order valence-corrected chi connectivity index (χ4v) is 3.92. The van der Waals surface area contributed by atoms with E-state index >= 15 is 0 Å². The van der Waals surface area contributed by atoms with Gasteiger partial charge < -0.3 is 19.1 Å². The molecule has 0 amide bonds. The zero-order valence-electron chi connectivity index (χ0n) is 17.1. The highest BCUT2D eigenvalue weighted by Gasteiger charge is 2.32. The summed E-state index contributed by atoms with van der Waals surface area (Å²) in [5.74, 6) is 1.77. The number of nitrogens with zero attached hydrogens (tertiary/aromatic N) is 4. The van der Waals surface area contributed by atoms with Crippen LogP contribution in [0.4, 0.5) is 5.95 Å². The van der Waals surface area contributed by atoms with Crippen molar-refractivity contribution in [3.63, 3.8) is 0 Å². The Hall–Kier alpha value is -3.88. The summed E-state index contributed by atoms with van der Waals surface area (Å²) < 4.78 is 17.8. The number of benzene rings is 1. The monoisotopic (exact) mass is 420 g/mol. The van der Waals surface area contributed by atoms with E-state index in [1.54, 1.807) is 48.1 Å². The van der Waals surface area contributed by atoms with Gasteiger partial charge in [-0.25, -0.2) is 4.98 Å². The molecule has 9 nitrogen and oxygen atoms in total. The lowest BCUT2D eigenvalue weighted by molar-refractivity contribution is 0.0963.